The molecule has 0 saturated carbocycles. The van der Waals surface area contributed by atoms with Crippen LogP contribution in [0.3, 0.4) is 0 Å². The molecule has 2 heterocycles. The van der Waals surface area contributed by atoms with Gasteiger partial charge in [0.25, 0.3) is 0 Å². The summed E-state index contributed by atoms with van der Waals surface area (Å²) in [6.45, 7) is 2.54. The van der Waals surface area contributed by atoms with Crippen LogP contribution >= 0.6 is 0 Å². The minimum atomic E-state index is 0.526. The number of rotatable bonds is 4. The molecule has 0 aliphatic heterocycles. The molecule has 0 unspecified atom stereocenters. The Morgan fingerprint density at radius 2 is 2.25 bits per heavy atom. The van der Waals surface area contributed by atoms with Gasteiger partial charge in [0.2, 0.25) is 11.8 Å². The maximum Gasteiger partial charge on any atom is 0.249 e. The van der Waals surface area contributed by atoms with Crippen molar-refractivity contribution in [3.05, 3.63) is 29.9 Å². The van der Waals surface area contributed by atoms with Crippen LogP contribution in [0.25, 0.3) is 11.5 Å². The Bertz CT molecular complexity index is 467. The molecule has 0 bridgehead atoms. The highest BCUT2D eigenvalue weighted by Gasteiger charge is 2.10. The normalized spacial score (nSPS) is 10.6. The highest BCUT2D eigenvalue weighted by atomic mass is 16.4. The fourth-order valence-corrected chi connectivity index (χ4v) is 1.43. The molecule has 0 aliphatic carbocycles. The zero-order valence-corrected chi connectivity index (χ0v) is 9.18. The fourth-order valence-electron chi connectivity index (χ4n) is 1.43. The molecule has 0 aliphatic rings. The summed E-state index contributed by atoms with van der Waals surface area (Å²) in [4.78, 5) is 4.18. The second kappa shape index (κ2) is 4.85. The summed E-state index contributed by atoms with van der Waals surface area (Å²) in [6, 6.07) is 3.77. The smallest absolute Gasteiger partial charge is 0.249 e. The van der Waals surface area contributed by atoms with Gasteiger partial charge in [-0.2, -0.15) is 0 Å². The molecule has 0 radical (unpaired) electrons. The van der Waals surface area contributed by atoms with E-state index in [2.05, 4.69) is 15.2 Å². The first-order valence-electron chi connectivity index (χ1n) is 5.25. The number of pyridine rings is 1. The largest absolute Gasteiger partial charge is 0.421 e. The average Bonchev–Trinajstić information content (AvgIpc) is 2.75. The van der Waals surface area contributed by atoms with Crippen LogP contribution in [-0.4, -0.2) is 21.7 Å². The first-order valence-corrected chi connectivity index (χ1v) is 5.25. The molecule has 0 spiro atoms. The lowest BCUT2D eigenvalue weighted by Crippen LogP contribution is -2.00. The summed E-state index contributed by atoms with van der Waals surface area (Å²) in [7, 11) is 0. The van der Waals surface area contributed by atoms with Crippen molar-refractivity contribution in [3.63, 3.8) is 0 Å². The zero-order chi connectivity index (χ0) is 11.4. The van der Waals surface area contributed by atoms with Crippen molar-refractivity contribution in [2.75, 3.05) is 6.54 Å². The summed E-state index contributed by atoms with van der Waals surface area (Å²) >= 11 is 0. The third kappa shape index (κ3) is 2.25. The van der Waals surface area contributed by atoms with Gasteiger partial charge in [-0.25, -0.2) is 0 Å². The standard InChI is InChI=1S/C11H14N4O/c1-8-9(4-3-7-13-8)11-15-14-10(16-11)5-2-6-12/h3-4,7H,2,5-6,12H2,1H3. The van der Waals surface area contributed by atoms with Crippen molar-refractivity contribution in [1.82, 2.24) is 15.2 Å². The number of aryl methyl sites for hydroxylation is 2. The Morgan fingerprint density at radius 3 is 3.00 bits per heavy atom. The van der Waals surface area contributed by atoms with Gasteiger partial charge in [0.05, 0.1) is 5.56 Å². The second-order valence-corrected chi connectivity index (χ2v) is 3.53. The van der Waals surface area contributed by atoms with Crippen LogP contribution in [0.2, 0.25) is 0 Å². The molecule has 5 heteroatoms. The van der Waals surface area contributed by atoms with E-state index in [0.717, 1.165) is 24.1 Å². The van der Waals surface area contributed by atoms with Crippen LogP contribution in [0, 0.1) is 6.92 Å². The average molecular weight is 218 g/mol. The van der Waals surface area contributed by atoms with E-state index in [1.54, 1.807) is 6.20 Å². The number of hydrogen-bond acceptors (Lipinski definition) is 5. The lowest BCUT2D eigenvalue weighted by atomic mass is 10.2. The first kappa shape index (κ1) is 10.8. The summed E-state index contributed by atoms with van der Waals surface area (Å²) in [5, 5.41) is 7.97. The molecular formula is C11H14N4O. The van der Waals surface area contributed by atoms with Crippen LogP contribution in [0.5, 0.6) is 0 Å². The van der Waals surface area contributed by atoms with Gasteiger partial charge in [0.1, 0.15) is 0 Å². The Hall–Kier alpha value is -1.75. The van der Waals surface area contributed by atoms with E-state index in [1.165, 1.54) is 0 Å². The maximum absolute atomic E-state index is 5.53. The van der Waals surface area contributed by atoms with Crippen LogP contribution in [0.15, 0.2) is 22.7 Å². The van der Waals surface area contributed by atoms with Crippen molar-refractivity contribution in [1.29, 1.82) is 0 Å². The Balaban J connectivity index is 2.22. The minimum Gasteiger partial charge on any atom is -0.421 e. The molecule has 2 aromatic heterocycles. The Morgan fingerprint density at radius 1 is 1.38 bits per heavy atom. The molecular weight excluding hydrogens is 204 g/mol. The topological polar surface area (TPSA) is 77.8 Å². The maximum atomic E-state index is 5.53. The van der Waals surface area contributed by atoms with Gasteiger partial charge in [0, 0.05) is 18.3 Å². The predicted molar refractivity (Wildman–Crippen MR) is 59.6 cm³/mol. The Kier molecular flexibility index (Phi) is 3.26. The molecule has 2 N–H and O–H groups in total. The van der Waals surface area contributed by atoms with Crippen molar-refractivity contribution >= 4 is 0 Å². The third-order valence-corrected chi connectivity index (χ3v) is 2.30. The molecule has 2 aromatic rings. The minimum absolute atomic E-state index is 0.526. The summed E-state index contributed by atoms with van der Waals surface area (Å²) in [5.41, 5.74) is 7.19. The van der Waals surface area contributed by atoms with Gasteiger partial charge >= 0.3 is 0 Å². The number of nitrogens with two attached hydrogens (primary N) is 1. The van der Waals surface area contributed by atoms with Gasteiger partial charge in [0.15, 0.2) is 0 Å². The van der Waals surface area contributed by atoms with Crippen molar-refractivity contribution in [2.24, 2.45) is 5.73 Å². The van der Waals surface area contributed by atoms with Gasteiger partial charge in [-0.15, -0.1) is 10.2 Å². The number of hydrogen-bond donors (Lipinski definition) is 1. The van der Waals surface area contributed by atoms with Crippen LogP contribution < -0.4 is 5.73 Å². The van der Waals surface area contributed by atoms with Crippen molar-refractivity contribution in [2.45, 2.75) is 19.8 Å². The molecule has 5 nitrogen and oxygen atoms in total. The monoisotopic (exact) mass is 218 g/mol. The highest BCUT2D eigenvalue weighted by Crippen LogP contribution is 2.20. The van der Waals surface area contributed by atoms with E-state index >= 15 is 0 Å². The number of nitrogens with zero attached hydrogens (tertiary/aromatic N) is 3. The first-order chi connectivity index (χ1) is 7.81. The van der Waals surface area contributed by atoms with E-state index in [9.17, 15) is 0 Å². The van der Waals surface area contributed by atoms with Gasteiger partial charge in [-0.1, -0.05) is 0 Å². The summed E-state index contributed by atoms with van der Waals surface area (Å²) in [6.07, 6.45) is 3.32. The summed E-state index contributed by atoms with van der Waals surface area (Å²) < 4.78 is 5.53. The quantitative estimate of drug-likeness (QED) is 0.837. The molecule has 0 aromatic carbocycles. The lowest BCUT2D eigenvalue weighted by molar-refractivity contribution is 0.498. The van der Waals surface area contributed by atoms with E-state index in [1.807, 2.05) is 19.1 Å². The summed E-state index contributed by atoms with van der Waals surface area (Å²) in [5.74, 6) is 1.15. The van der Waals surface area contributed by atoms with E-state index in [0.29, 0.717) is 18.3 Å². The Labute approximate surface area is 93.7 Å². The van der Waals surface area contributed by atoms with Crippen LogP contribution in [-0.2, 0) is 6.42 Å². The molecule has 0 amide bonds. The molecule has 0 saturated heterocycles. The van der Waals surface area contributed by atoms with E-state index in [4.69, 9.17) is 10.2 Å². The van der Waals surface area contributed by atoms with Crippen LogP contribution in [0.4, 0.5) is 0 Å². The molecule has 2 rings (SSSR count). The van der Waals surface area contributed by atoms with E-state index < -0.39 is 0 Å². The second-order valence-electron chi connectivity index (χ2n) is 3.53. The third-order valence-electron chi connectivity index (χ3n) is 2.30. The van der Waals surface area contributed by atoms with E-state index in [-0.39, 0.29) is 0 Å². The SMILES string of the molecule is Cc1ncccc1-c1nnc(CCCN)o1. The van der Waals surface area contributed by atoms with Crippen molar-refractivity contribution in [3.8, 4) is 11.5 Å². The molecule has 16 heavy (non-hydrogen) atoms. The van der Waals surface area contributed by atoms with Crippen LogP contribution in [0.1, 0.15) is 18.0 Å². The fraction of sp³-hybridized carbons (Fsp3) is 0.364. The molecule has 0 atom stereocenters. The number of aromatic nitrogens is 3. The molecule has 84 valence electrons. The lowest BCUT2D eigenvalue weighted by Gasteiger charge is -1.97. The highest BCUT2D eigenvalue weighted by molar-refractivity contribution is 5.54. The predicted octanol–water partition coefficient (Wildman–Crippen LogP) is 1.33. The zero-order valence-electron chi connectivity index (χ0n) is 9.18. The molecule has 0 fully saturated rings. The van der Waals surface area contributed by atoms with Crippen molar-refractivity contribution < 1.29 is 4.42 Å². The van der Waals surface area contributed by atoms with Gasteiger partial charge < -0.3 is 10.2 Å². The van der Waals surface area contributed by atoms with Gasteiger partial charge in [-0.05, 0) is 32.0 Å². The van der Waals surface area contributed by atoms with Gasteiger partial charge in [-0.3, -0.25) is 4.98 Å².